The van der Waals surface area contributed by atoms with E-state index in [9.17, 15) is 4.79 Å². The van der Waals surface area contributed by atoms with E-state index in [1.165, 1.54) is 32.1 Å². The van der Waals surface area contributed by atoms with E-state index in [2.05, 4.69) is 19.2 Å². The van der Waals surface area contributed by atoms with Crippen molar-refractivity contribution < 1.29 is 4.79 Å². The average molecular weight is 254 g/mol. The van der Waals surface area contributed by atoms with Crippen molar-refractivity contribution in [2.75, 3.05) is 13.1 Å². The summed E-state index contributed by atoms with van der Waals surface area (Å²) >= 11 is 0. The summed E-state index contributed by atoms with van der Waals surface area (Å²) in [5.41, 5.74) is 0. The summed E-state index contributed by atoms with van der Waals surface area (Å²) in [4.78, 5) is 13.2. The molecule has 1 aliphatic rings. The van der Waals surface area contributed by atoms with Crippen molar-refractivity contribution in [3.05, 3.63) is 0 Å². The Morgan fingerprint density at radius 2 is 1.94 bits per heavy atom. The Morgan fingerprint density at radius 1 is 1.28 bits per heavy atom. The molecule has 18 heavy (non-hydrogen) atoms. The predicted molar refractivity (Wildman–Crippen MR) is 76.6 cm³/mol. The van der Waals surface area contributed by atoms with Gasteiger partial charge >= 0.3 is 0 Å². The number of hydrogen-bond acceptors (Lipinski definition) is 2. The Hall–Kier alpha value is -0.570. The molecule has 1 saturated heterocycles. The maximum Gasteiger partial charge on any atom is 0.219 e. The van der Waals surface area contributed by atoms with Crippen LogP contribution in [0, 0.1) is 0 Å². The molecule has 1 rings (SSSR count). The second-order valence-electron chi connectivity index (χ2n) is 5.70. The lowest BCUT2D eigenvalue weighted by molar-refractivity contribution is -0.129. The Balaban J connectivity index is 2.10. The number of nitrogens with one attached hydrogen (secondary N) is 1. The number of carbonyl (C=O) groups excluding carboxylic acids is 1. The van der Waals surface area contributed by atoms with Crippen molar-refractivity contribution in [1.82, 2.24) is 10.2 Å². The fourth-order valence-corrected chi connectivity index (χ4v) is 2.72. The van der Waals surface area contributed by atoms with Crippen molar-refractivity contribution in [3.63, 3.8) is 0 Å². The molecular weight excluding hydrogens is 224 g/mol. The number of amides is 1. The van der Waals surface area contributed by atoms with Crippen LogP contribution in [-0.4, -0.2) is 36.0 Å². The summed E-state index contributed by atoms with van der Waals surface area (Å²) in [7, 11) is 0. The smallest absolute Gasteiger partial charge is 0.219 e. The van der Waals surface area contributed by atoms with E-state index in [4.69, 9.17) is 0 Å². The highest BCUT2D eigenvalue weighted by Gasteiger charge is 2.21. The maximum atomic E-state index is 11.2. The zero-order chi connectivity index (χ0) is 13.4. The van der Waals surface area contributed by atoms with Crippen molar-refractivity contribution in [2.45, 2.75) is 77.8 Å². The van der Waals surface area contributed by atoms with Crippen molar-refractivity contribution in [1.29, 1.82) is 0 Å². The minimum Gasteiger partial charge on any atom is -0.343 e. The highest BCUT2D eigenvalue weighted by atomic mass is 16.2. The molecule has 106 valence electrons. The van der Waals surface area contributed by atoms with E-state index < -0.39 is 0 Å². The topological polar surface area (TPSA) is 32.3 Å². The van der Waals surface area contributed by atoms with Gasteiger partial charge in [0.1, 0.15) is 0 Å². The molecular formula is C15H30N2O. The molecule has 0 aromatic rings. The first-order valence-corrected chi connectivity index (χ1v) is 7.65. The van der Waals surface area contributed by atoms with Gasteiger partial charge in [-0.1, -0.05) is 32.6 Å². The van der Waals surface area contributed by atoms with E-state index in [1.54, 1.807) is 6.92 Å². The Bertz CT molecular complexity index is 235. The van der Waals surface area contributed by atoms with Gasteiger partial charge in [0.25, 0.3) is 0 Å². The number of unbranched alkanes of at least 4 members (excludes halogenated alkanes) is 3. The quantitative estimate of drug-likeness (QED) is 0.708. The number of hydrogen-bond donors (Lipinski definition) is 1. The molecule has 1 heterocycles. The monoisotopic (exact) mass is 254 g/mol. The van der Waals surface area contributed by atoms with Crippen molar-refractivity contribution in [2.24, 2.45) is 0 Å². The van der Waals surface area contributed by atoms with Crippen LogP contribution in [0.2, 0.25) is 0 Å². The van der Waals surface area contributed by atoms with Gasteiger partial charge in [0.2, 0.25) is 5.91 Å². The summed E-state index contributed by atoms with van der Waals surface area (Å²) < 4.78 is 0. The number of piperidine rings is 1. The minimum absolute atomic E-state index is 0.223. The van der Waals surface area contributed by atoms with E-state index in [1.807, 2.05) is 4.90 Å². The van der Waals surface area contributed by atoms with Gasteiger partial charge in [0, 0.05) is 32.1 Å². The van der Waals surface area contributed by atoms with E-state index >= 15 is 0 Å². The normalized spacial score (nSPS) is 18.9. The molecule has 1 amide bonds. The molecule has 0 aromatic heterocycles. The Morgan fingerprint density at radius 3 is 2.50 bits per heavy atom. The maximum absolute atomic E-state index is 11.2. The largest absolute Gasteiger partial charge is 0.343 e. The zero-order valence-electron chi connectivity index (χ0n) is 12.4. The van der Waals surface area contributed by atoms with E-state index in [-0.39, 0.29) is 5.91 Å². The molecule has 0 saturated carbocycles. The highest BCUT2D eigenvalue weighted by molar-refractivity contribution is 5.73. The molecule has 0 spiro atoms. The standard InChI is InChI=1S/C15H30N2O/c1-4-5-6-7-8-13(2)16-15-9-11-17(12-10-15)14(3)18/h13,15-16H,4-12H2,1-3H3. The van der Waals surface area contributed by atoms with Gasteiger partial charge in [-0.2, -0.15) is 0 Å². The molecule has 3 nitrogen and oxygen atoms in total. The third-order valence-electron chi connectivity index (χ3n) is 3.95. The highest BCUT2D eigenvalue weighted by Crippen LogP contribution is 2.13. The van der Waals surface area contributed by atoms with Gasteiger partial charge in [-0.05, 0) is 26.2 Å². The minimum atomic E-state index is 0.223. The van der Waals surface area contributed by atoms with Crippen LogP contribution in [0.4, 0.5) is 0 Å². The second-order valence-corrected chi connectivity index (χ2v) is 5.70. The molecule has 0 radical (unpaired) electrons. The lowest BCUT2D eigenvalue weighted by Crippen LogP contribution is -2.46. The van der Waals surface area contributed by atoms with Crippen LogP contribution in [0.25, 0.3) is 0 Å². The molecule has 0 bridgehead atoms. The summed E-state index contributed by atoms with van der Waals surface area (Å²) in [6, 6.07) is 1.23. The number of nitrogens with zero attached hydrogens (tertiary/aromatic N) is 1. The lowest BCUT2D eigenvalue weighted by Gasteiger charge is -2.33. The molecule has 1 N–H and O–H groups in total. The first-order valence-electron chi connectivity index (χ1n) is 7.65. The second kappa shape index (κ2) is 8.52. The van der Waals surface area contributed by atoms with Gasteiger partial charge < -0.3 is 10.2 Å². The lowest BCUT2D eigenvalue weighted by atomic mass is 10.0. The summed E-state index contributed by atoms with van der Waals surface area (Å²) in [5, 5.41) is 3.72. The number of carbonyl (C=O) groups is 1. The summed E-state index contributed by atoms with van der Waals surface area (Å²) in [5.74, 6) is 0.223. The molecule has 1 atom stereocenters. The van der Waals surface area contributed by atoms with Crippen LogP contribution in [0.1, 0.15) is 65.7 Å². The molecule has 3 heteroatoms. The van der Waals surface area contributed by atoms with E-state index in [0.717, 1.165) is 25.9 Å². The third kappa shape index (κ3) is 5.85. The molecule has 0 aliphatic carbocycles. The van der Waals surface area contributed by atoms with Crippen LogP contribution < -0.4 is 5.32 Å². The summed E-state index contributed by atoms with van der Waals surface area (Å²) in [6.07, 6.45) is 8.89. The van der Waals surface area contributed by atoms with Crippen molar-refractivity contribution >= 4 is 5.91 Å². The fraction of sp³-hybridized carbons (Fsp3) is 0.933. The van der Waals surface area contributed by atoms with Gasteiger partial charge in [0.05, 0.1) is 0 Å². The zero-order valence-corrected chi connectivity index (χ0v) is 12.4. The molecule has 1 fully saturated rings. The van der Waals surface area contributed by atoms with Gasteiger partial charge in [-0.3, -0.25) is 4.79 Å². The van der Waals surface area contributed by atoms with Gasteiger partial charge in [-0.15, -0.1) is 0 Å². The van der Waals surface area contributed by atoms with Crippen LogP contribution in [0.15, 0.2) is 0 Å². The Labute approximate surface area is 112 Å². The van der Waals surface area contributed by atoms with Crippen LogP contribution in [0.5, 0.6) is 0 Å². The Kier molecular flexibility index (Phi) is 7.33. The summed E-state index contributed by atoms with van der Waals surface area (Å²) in [6.45, 7) is 8.07. The third-order valence-corrected chi connectivity index (χ3v) is 3.95. The molecule has 1 aliphatic heterocycles. The number of likely N-dealkylation sites (tertiary alicyclic amines) is 1. The van der Waals surface area contributed by atoms with E-state index in [0.29, 0.717) is 12.1 Å². The fourth-order valence-electron chi connectivity index (χ4n) is 2.72. The van der Waals surface area contributed by atoms with Crippen LogP contribution in [-0.2, 0) is 4.79 Å². The van der Waals surface area contributed by atoms with Gasteiger partial charge in [-0.25, -0.2) is 0 Å². The molecule has 1 unspecified atom stereocenters. The predicted octanol–water partition coefficient (Wildman–Crippen LogP) is 2.95. The van der Waals surface area contributed by atoms with Crippen LogP contribution >= 0.6 is 0 Å². The average Bonchev–Trinajstić information content (AvgIpc) is 2.35. The first-order chi connectivity index (χ1) is 8.63. The van der Waals surface area contributed by atoms with Crippen molar-refractivity contribution in [3.8, 4) is 0 Å². The van der Waals surface area contributed by atoms with Gasteiger partial charge in [0.15, 0.2) is 0 Å². The SMILES string of the molecule is CCCCCCC(C)NC1CCN(C(C)=O)CC1. The van der Waals surface area contributed by atoms with Crippen LogP contribution in [0.3, 0.4) is 0 Å². The molecule has 0 aromatic carbocycles. The first kappa shape index (κ1) is 15.5. The number of rotatable bonds is 7.